The number of hydrogen-bond donors (Lipinski definition) is 3. The Kier molecular flexibility index (Phi) is 7.80. The van der Waals surface area contributed by atoms with Crippen molar-refractivity contribution in [3.8, 4) is 0 Å². The first kappa shape index (κ1) is 15.1. The third-order valence-electron chi connectivity index (χ3n) is 2.03. The summed E-state index contributed by atoms with van der Waals surface area (Å²) in [4.78, 5) is 22.1. The molecule has 5 nitrogen and oxygen atoms in total. The van der Waals surface area contributed by atoms with Crippen LogP contribution in [0.25, 0.3) is 0 Å². The summed E-state index contributed by atoms with van der Waals surface area (Å²) in [6, 6.07) is -1.25. The molecule has 0 spiro atoms. The molecule has 0 aliphatic rings. The number of carbonyl (C=O) groups excluding carboxylic acids is 1. The average Bonchev–Trinajstić information content (AvgIpc) is 2.20. The van der Waals surface area contributed by atoms with E-state index in [1.165, 1.54) is 0 Å². The highest BCUT2D eigenvalue weighted by Crippen LogP contribution is 2.01. The summed E-state index contributed by atoms with van der Waals surface area (Å²) >= 11 is 1.71. The van der Waals surface area contributed by atoms with Crippen molar-refractivity contribution in [2.24, 2.45) is 5.92 Å². The number of aliphatic carboxylic acids is 1. The molecule has 0 saturated heterocycles. The van der Waals surface area contributed by atoms with Crippen LogP contribution in [-0.2, 0) is 4.79 Å². The van der Waals surface area contributed by atoms with Crippen molar-refractivity contribution in [1.82, 2.24) is 10.6 Å². The van der Waals surface area contributed by atoms with Crippen LogP contribution in [0.2, 0.25) is 0 Å². The lowest BCUT2D eigenvalue weighted by molar-refractivity contribution is -0.140. The maximum atomic E-state index is 11.3. The quantitative estimate of drug-likeness (QED) is 0.591. The molecule has 6 heteroatoms. The van der Waals surface area contributed by atoms with Crippen LogP contribution in [0, 0.1) is 5.92 Å². The Hall–Kier alpha value is -0.910. The van der Waals surface area contributed by atoms with E-state index in [1.807, 2.05) is 6.26 Å². The minimum atomic E-state index is -1.01. The minimum absolute atomic E-state index is 0.130. The lowest BCUT2D eigenvalue weighted by Gasteiger charge is -2.18. The third-order valence-corrected chi connectivity index (χ3v) is 2.73. The van der Waals surface area contributed by atoms with Crippen molar-refractivity contribution in [1.29, 1.82) is 0 Å². The molecular formula is C10H20N2O3S. The predicted octanol–water partition coefficient (Wildman–Crippen LogP) is 1.15. The van der Waals surface area contributed by atoms with Gasteiger partial charge in [0, 0.05) is 6.54 Å². The van der Waals surface area contributed by atoms with Crippen LogP contribution in [0.4, 0.5) is 4.79 Å². The number of carboxylic acids is 1. The fourth-order valence-corrected chi connectivity index (χ4v) is 1.56. The zero-order chi connectivity index (χ0) is 12.6. The normalized spacial score (nSPS) is 12.2. The Labute approximate surface area is 100 Å². The van der Waals surface area contributed by atoms with Crippen molar-refractivity contribution in [3.63, 3.8) is 0 Å². The lowest BCUT2D eigenvalue weighted by atomic mass is 10.1. The summed E-state index contributed by atoms with van der Waals surface area (Å²) in [5.74, 6) is -0.156. The molecule has 0 unspecified atom stereocenters. The van der Waals surface area contributed by atoms with Gasteiger partial charge in [-0.1, -0.05) is 13.8 Å². The number of urea groups is 1. The molecule has 2 amide bonds. The molecule has 3 N–H and O–H groups in total. The topological polar surface area (TPSA) is 78.4 Å². The van der Waals surface area contributed by atoms with E-state index in [4.69, 9.17) is 5.11 Å². The van der Waals surface area contributed by atoms with Crippen molar-refractivity contribution in [2.75, 3.05) is 18.6 Å². The van der Waals surface area contributed by atoms with Crippen LogP contribution in [0.5, 0.6) is 0 Å². The van der Waals surface area contributed by atoms with Gasteiger partial charge in [-0.05, 0) is 24.3 Å². The minimum Gasteiger partial charge on any atom is -0.480 e. The molecule has 0 radical (unpaired) electrons. The zero-order valence-electron chi connectivity index (χ0n) is 9.95. The largest absolute Gasteiger partial charge is 0.480 e. The summed E-state index contributed by atoms with van der Waals surface area (Å²) in [5, 5.41) is 13.9. The summed E-state index contributed by atoms with van der Waals surface area (Å²) < 4.78 is 0. The number of carboxylic acid groups (broad SMARTS) is 1. The van der Waals surface area contributed by atoms with Crippen molar-refractivity contribution in [2.45, 2.75) is 26.3 Å². The molecule has 0 fully saturated rings. The maximum Gasteiger partial charge on any atom is 0.326 e. The summed E-state index contributed by atoms with van der Waals surface area (Å²) in [6.07, 6.45) is 2.88. The molecule has 1 atom stereocenters. The Morgan fingerprint density at radius 2 is 2.00 bits per heavy atom. The van der Waals surface area contributed by atoms with Crippen LogP contribution in [-0.4, -0.2) is 41.7 Å². The Morgan fingerprint density at radius 3 is 2.44 bits per heavy atom. The van der Waals surface area contributed by atoms with E-state index in [2.05, 4.69) is 10.6 Å². The van der Waals surface area contributed by atoms with Crippen molar-refractivity contribution < 1.29 is 14.7 Å². The second-order valence-corrected chi connectivity index (χ2v) is 4.79. The van der Waals surface area contributed by atoms with Crippen LogP contribution in [0.15, 0.2) is 0 Å². The highest BCUT2D eigenvalue weighted by atomic mass is 32.2. The van der Waals surface area contributed by atoms with E-state index in [0.29, 0.717) is 6.54 Å². The average molecular weight is 248 g/mol. The maximum absolute atomic E-state index is 11.3. The van der Waals surface area contributed by atoms with Gasteiger partial charge in [-0.3, -0.25) is 0 Å². The molecule has 0 bridgehead atoms. The number of nitrogens with one attached hydrogen (secondary N) is 2. The van der Waals surface area contributed by atoms with E-state index < -0.39 is 18.0 Å². The second kappa shape index (κ2) is 8.27. The molecule has 0 aromatic carbocycles. The first-order chi connectivity index (χ1) is 7.49. The van der Waals surface area contributed by atoms with E-state index in [-0.39, 0.29) is 5.92 Å². The van der Waals surface area contributed by atoms with Crippen LogP contribution in [0.3, 0.4) is 0 Å². The zero-order valence-corrected chi connectivity index (χ0v) is 10.8. The third kappa shape index (κ3) is 6.55. The molecule has 0 aromatic heterocycles. The van der Waals surface area contributed by atoms with E-state index >= 15 is 0 Å². The second-order valence-electron chi connectivity index (χ2n) is 3.81. The van der Waals surface area contributed by atoms with E-state index in [9.17, 15) is 9.59 Å². The van der Waals surface area contributed by atoms with Gasteiger partial charge < -0.3 is 15.7 Å². The first-order valence-electron chi connectivity index (χ1n) is 5.25. The van der Waals surface area contributed by atoms with Gasteiger partial charge in [-0.15, -0.1) is 0 Å². The molecule has 0 aromatic rings. The lowest BCUT2D eigenvalue weighted by Crippen LogP contribution is -2.48. The SMILES string of the molecule is CSCCCNC(=O)N[C@H](C(=O)O)C(C)C. The van der Waals surface area contributed by atoms with Gasteiger partial charge in [0.25, 0.3) is 0 Å². The summed E-state index contributed by atoms with van der Waals surface area (Å²) in [5.41, 5.74) is 0. The molecule has 16 heavy (non-hydrogen) atoms. The van der Waals surface area contributed by atoms with Crippen LogP contribution < -0.4 is 10.6 Å². The molecule has 0 aliphatic carbocycles. The monoisotopic (exact) mass is 248 g/mol. The fraction of sp³-hybridized carbons (Fsp3) is 0.800. The number of carbonyl (C=O) groups is 2. The van der Waals surface area contributed by atoms with Gasteiger partial charge >= 0.3 is 12.0 Å². The predicted molar refractivity (Wildman–Crippen MR) is 65.8 cm³/mol. The standard InChI is InChI=1S/C10H20N2O3S/c1-7(2)8(9(13)14)12-10(15)11-5-4-6-16-3/h7-8H,4-6H2,1-3H3,(H,13,14)(H2,11,12,15)/t8-/m0/s1. The Balaban J connectivity index is 3.87. The Bertz CT molecular complexity index is 234. The Morgan fingerprint density at radius 1 is 1.38 bits per heavy atom. The highest BCUT2D eigenvalue weighted by Gasteiger charge is 2.22. The van der Waals surface area contributed by atoms with Gasteiger partial charge in [0.2, 0.25) is 0 Å². The number of amides is 2. The van der Waals surface area contributed by atoms with Crippen molar-refractivity contribution >= 4 is 23.8 Å². The van der Waals surface area contributed by atoms with E-state index in [1.54, 1.807) is 25.6 Å². The highest BCUT2D eigenvalue weighted by molar-refractivity contribution is 7.98. The molecular weight excluding hydrogens is 228 g/mol. The van der Waals surface area contributed by atoms with Gasteiger partial charge in [0.15, 0.2) is 0 Å². The van der Waals surface area contributed by atoms with Gasteiger partial charge in [0.05, 0.1) is 0 Å². The molecule has 94 valence electrons. The molecule has 0 heterocycles. The molecule has 0 rings (SSSR count). The first-order valence-corrected chi connectivity index (χ1v) is 6.64. The van der Waals surface area contributed by atoms with Gasteiger partial charge in [0.1, 0.15) is 6.04 Å². The van der Waals surface area contributed by atoms with Gasteiger partial charge in [-0.25, -0.2) is 9.59 Å². The number of thioether (sulfide) groups is 1. The molecule has 0 saturated carbocycles. The van der Waals surface area contributed by atoms with Crippen LogP contribution >= 0.6 is 11.8 Å². The fourth-order valence-electron chi connectivity index (χ4n) is 1.12. The number of rotatable bonds is 7. The molecule has 0 aliphatic heterocycles. The van der Waals surface area contributed by atoms with Crippen molar-refractivity contribution in [3.05, 3.63) is 0 Å². The number of hydrogen-bond acceptors (Lipinski definition) is 3. The summed E-state index contributed by atoms with van der Waals surface area (Å²) in [6.45, 7) is 4.08. The van der Waals surface area contributed by atoms with E-state index in [0.717, 1.165) is 12.2 Å². The van der Waals surface area contributed by atoms with Gasteiger partial charge in [-0.2, -0.15) is 11.8 Å². The van der Waals surface area contributed by atoms with Crippen LogP contribution in [0.1, 0.15) is 20.3 Å². The summed E-state index contributed by atoms with van der Waals surface area (Å²) in [7, 11) is 0. The smallest absolute Gasteiger partial charge is 0.326 e.